The zero-order valence-electron chi connectivity index (χ0n) is 16.8. The third-order valence-corrected chi connectivity index (χ3v) is 4.41. The third-order valence-electron chi connectivity index (χ3n) is 4.41. The number of guanidine groups is 1. The molecule has 3 N–H and O–H groups in total. The van der Waals surface area contributed by atoms with Crippen molar-refractivity contribution in [2.45, 2.75) is 26.3 Å². The fraction of sp³-hybridized carbons (Fsp3) is 0.579. The van der Waals surface area contributed by atoms with Gasteiger partial charge in [-0.25, -0.2) is 9.38 Å². The van der Waals surface area contributed by atoms with E-state index in [0.29, 0.717) is 24.7 Å². The van der Waals surface area contributed by atoms with Crippen LogP contribution in [-0.2, 0) is 9.53 Å². The van der Waals surface area contributed by atoms with Crippen LogP contribution in [0.25, 0.3) is 0 Å². The molecular formula is C19H31FIN5O2. The van der Waals surface area contributed by atoms with Gasteiger partial charge in [0.2, 0.25) is 5.91 Å². The first-order chi connectivity index (χ1) is 12.9. The van der Waals surface area contributed by atoms with E-state index in [1.807, 2.05) is 6.92 Å². The van der Waals surface area contributed by atoms with Gasteiger partial charge in [-0.3, -0.25) is 9.69 Å². The van der Waals surface area contributed by atoms with E-state index < -0.39 is 0 Å². The van der Waals surface area contributed by atoms with Gasteiger partial charge in [-0.1, -0.05) is 0 Å². The van der Waals surface area contributed by atoms with Gasteiger partial charge < -0.3 is 20.7 Å². The van der Waals surface area contributed by atoms with Gasteiger partial charge in [0.05, 0.1) is 13.2 Å². The summed E-state index contributed by atoms with van der Waals surface area (Å²) in [7, 11) is 0. The lowest BCUT2D eigenvalue weighted by Crippen LogP contribution is -2.56. The molecule has 0 unspecified atom stereocenters. The molecule has 158 valence electrons. The van der Waals surface area contributed by atoms with Crippen LogP contribution in [-0.4, -0.2) is 68.2 Å². The first kappa shape index (κ1) is 24.6. The van der Waals surface area contributed by atoms with Crippen LogP contribution >= 0.6 is 24.0 Å². The number of anilines is 1. The maximum Gasteiger partial charge on any atom is 0.246 e. The number of rotatable bonds is 7. The number of amides is 1. The summed E-state index contributed by atoms with van der Waals surface area (Å²) in [6, 6.07) is 5.65. The second kappa shape index (κ2) is 12.2. The molecule has 1 aliphatic rings. The normalized spacial score (nSPS) is 15.5. The molecule has 0 spiro atoms. The summed E-state index contributed by atoms with van der Waals surface area (Å²) in [5.41, 5.74) is 0.485. The van der Waals surface area contributed by atoms with Crippen LogP contribution in [0.5, 0.6) is 0 Å². The van der Waals surface area contributed by atoms with Gasteiger partial charge in [-0.15, -0.1) is 24.0 Å². The minimum absolute atomic E-state index is 0. The van der Waals surface area contributed by atoms with E-state index in [-0.39, 0.29) is 47.8 Å². The fourth-order valence-corrected chi connectivity index (χ4v) is 2.81. The van der Waals surface area contributed by atoms with E-state index in [9.17, 15) is 9.18 Å². The van der Waals surface area contributed by atoms with Gasteiger partial charge in [0.15, 0.2) is 5.96 Å². The summed E-state index contributed by atoms with van der Waals surface area (Å²) >= 11 is 0. The van der Waals surface area contributed by atoms with Crippen molar-refractivity contribution in [1.29, 1.82) is 0 Å². The highest BCUT2D eigenvalue weighted by molar-refractivity contribution is 14.0. The number of ether oxygens (including phenoxy) is 1. The number of halogens is 2. The molecule has 1 saturated heterocycles. The second-order valence-electron chi connectivity index (χ2n) is 7.02. The Kier molecular flexibility index (Phi) is 10.7. The van der Waals surface area contributed by atoms with Gasteiger partial charge in [-0.05, 0) is 45.0 Å². The maximum absolute atomic E-state index is 12.9. The Hall–Kier alpha value is -1.46. The highest BCUT2D eigenvalue weighted by atomic mass is 127. The van der Waals surface area contributed by atoms with Crippen LogP contribution in [0.3, 0.4) is 0 Å². The zero-order valence-corrected chi connectivity index (χ0v) is 19.1. The van der Waals surface area contributed by atoms with E-state index in [1.54, 1.807) is 0 Å². The molecule has 0 aliphatic carbocycles. The molecule has 7 nitrogen and oxygen atoms in total. The molecule has 1 amide bonds. The number of carbonyl (C=O) groups excluding carboxylic acids is 1. The molecule has 28 heavy (non-hydrogen) atoms. The van der Waals surface area contributed by atoms with E-state index in [2.05, 4.69) is 39.7 Å². The monoisotopic (exact) mass is 507 g/mol. The Morgan fingerprint density at radius 2 is 1.86 bits per heavy atom. The number of carbonyl (C=O) groups is 1. The number of aliphatic imine (C=N–C) groups is 1. The van der Waals surface area contributed by atoms with Gasteiger partial charge in [0, 0.05) is 37.4 Å². The average Bonchev–Trinajstić information content (AvgIpc) is 2.66. The lowest BCUT2D eigenvalue weighted by Gasteiger charge is -2.41. The summed E-state index contributed by atoms with van der Waals surface area (Å²) in [6.45, 7) is 11.0. The van der Waals surface area contributed by atoms with Gasteiger partial charge in [0.25, 0.3) is 0 Å². The smallest absolute Gasteiger partial charge is 0.246 e. The van der Waals surface area contributed by atoms with Crippen LogP contribution in [0, 0.1) is 5.82 Å². The second-order valence-corrected chi connectivity index (χ2v) is 7.02. The predicted molar refractivity (Wildman–Crippen MR) is 121 cm³/mol. The lowest BCUT2D eigenvalue weighted by molar-refractivity contribution is -0.114. The van der Waals surface area contributed by atoms with Crippen molar-refractivity contribution in [1.82, 2.24) is 15.5 Å². The van der Waals surface area contributed by atoms with Crippen LogP contribution in [0.15, 0.2) is 29.3 Å². The lowest BCUT2D eigenvalue weighted by atomic mass is 10.0. The van der Waals surface area contributed by atoms with E-state index in [0.717, 1.165) is 26.3 Å². The number of hydrogen-bond donors (Lipinski definition) is 3. The number of benzene rings is 1. The van der Waals surface area contributed by atoms with Crippen molar-refractivity contribution < 1.29 is 13.9 Å². The number of hydrogen-bond acceptors (Lipinski definition) is 4. The Labute approximate surface area is 183 Å². The highest BCUT2D eigenvalue weighted by Crippen LogP contribution is 2.15. The quantitative estimate of drug-likeness (QED) is 0.299. The van der Waals surface area contributed by atoms with Crippen LogP contribution in [0.4, 0.5) is 10.1 Å². The molecule has 0 atom stereocenters. The molecule has 0 bridgehead atoms. The van der Waals surface area contributed by atoms with Crippen LogP contribution < -0.4 is 16.0 Å². The molecule has 2 rings (SSSR count). The molecule has 9 heteroatoms. The minimum atomic E-state index is -0.340. The fourth-order valence-electron chi connectivity index (χ4n) is 2.81. The number of nitrogens with one attached hydrogen (secondary N) is 3. The zero-order chi connectivity index (χ0) is 19.7. The molecule has 1 fully saturated rings. The Balaban J connectivity index is 0.00000392. The van der Waals surface area contributed by atoms with Crippen molar-refractivity contribution >= 4 is 41.5 Å². The SMILES string of the molecule is CCNC(=NCC(=O)Nc1ccc(F)cc1)NCC(C)(C)N1CCOCC1.I. The Morgan fingerprint density at radius 1 is 1.21 bits per heavy atom. The first-order valence-corrected chi connectivity index (χ1v) is 9.31. The van der Waals surface area contributed by atoms with Crippen molar-refractivity contribution in [3.63, 3.8) is 0 Å². The molecule has 1 aromatic rings. The Morgan fingerprint density at radius 3 is 2.46 bits per heavy atom. The average molecular weight is 507 g/mol. The van der Waals surface area contributed by atoms with Crippen molar-refractivity contribution in [2.24, 2.45) is 4.99 Å². The van der Waals surface area contributed by atoms with Gasteiger partial charge in [-0.2, -0.15) is 0 Å². The summed E-state index contributed by atoms with van der Waals surface area (Å²) in [4.78, 5) is 18.8. The van der Waals surface area contributed by atoms with E-state index in [1.165, 1.54) is 24.3 Å². The Bertz CT molecular complexity index is 634. The summed E-state index contributed by atoms with van der Waals surface area (Å²) in [6.07, 6.45) is 0. The molecule has 1 heterocycles. The van der Waals surface area contributed by atoms with E-state index in [4.69, 9.17) is 4.74 Å². The molecule has 0 saturated carbocycles. The van der Waals surface area contributed by atoms with E-state index >= 15 is 0 Å². The molecule has 1 aliphatic heterocycles. The summed E-state index contributed by atoms with van der Waals surface area (Å²) in [5.74, 6) is -0.00752. The largest absolute Gasteiger partial charge is 0.379 e. The molecular weight excluding hydrogens is 476 g/mol. The summed E-state index contributed by atoms with van der Waals surface area (Å²) < 4.78 is 18.3. The molecule has 0 radical (unpaired) electrons. The molecule has 1 aromatic carbocycles. The number of nitrogens with zero attached hydrogens (tertiary/aromatic N) is 2. The highest BCUT2D eigenvalue weighted by Gasteiger charge is 2.28. The summed E-state index contributed by atoms with van der Waals surface area (Å²) in [5, 5.41) is 9.16. The topological polar surface area (TPSA) is 78.0 Å². The number of morpholine rings is 1. The predicted octanol–water partition coefficient (Wildman–Crippen LogP) is 2.05. The van der Waals surface area contributed by atoms with Crippen LogP contribution in [0.1, 0.15) is 20.8 Å². The van der Waals surface area contributed by atoms with Crippen molar-refractivity contribution in [3.05, 3.63) is 30.1 Å². The standard InChI is InChI=1S/C19H30FN5O2.HI/c1-4-21-18(23-14-19(2,3)25-9-11-27-12-10-25)22-13-17(26)24-16-7-5-15(20)6-8-16;/h5-8H,4,9-14H2,1-3H3,(H,24,26)(H2,21,22,23);1H. The van der Waals surface area contributed by atoms with Crippen molar-refractivity contribution in [3.8, 4) is 0 Å². The molecule has 0 aromatic heterocycles. The first-order valence-electron chi connectivity index (χ1n) is 9.31. The van der Waals surface area contributed by atoms with Gasteiger partial charge in [0.1, 0.15) is 12.4 Å². The van der Waals surface area contributed by atoms with Crippen LogP contribution in [0.2, 0.25) is 0 Å². The van der Waals surface area contributed by atoms with Gasteiger partial charge >= 0.3 is 0 Å². The van der Waals surface area contributed by atoms with Crippen molar-refractivity contribution in [2.75, 3.05) is 51.3 Å². The maximum atomic E-state index is 12.9. The minimum Gasteiger partial charge on any atom is -0.379 e. The third kappa shape index (κ3) is 8.27.